The maximum absolute atomic E-state index is 13.5. The van der Waals surface area contributed by atoms with E-state index in [4.69, 9.17) is 1.37 Å². The number of thiazole rings is 1. The van der Waals surface area contributed by atoms with Crippen molar-refractivity contribution < 1.29 is 25.3 Å². The normalized spacial score (nSPS) is 18.6. The Labute approximate surface area is 278 Å². The number of Topliss-reactive ketones (excluding diaryl/α,β-unsaturated/α-hetero) is 2. The molecule has 3 N–H and O–H groups in total. The molecule has 1 aliphatic rings. The number of nitrogens with one attached hydrogen (secondary N) is 3. The van der Waals surface area contributed by atoms with Crippen LogP contribution in [-0.4, -0.2) is 76.9 Å². The molecule has 252 valence electrons. The highest BCUT2D eigenvalue weighted by Crippen LogP contribution is 2.20. The second-order valence-electron chi connectivity index (χ2n) is 13.1. The molecule has 0 aliphatic carbocycles. The number of hydrogen-bond donors (Lipinski definition) is 3. The number of hydrogen-bond acceptors (Lipinski definition) is 8. The van der Waals surface area contributed by atoms with Crippen molar-refractivity contribution in [2.75, 3.05) is 13.6 Å². The monoisotopic (exact) mass is 655 g/mol. The summed E-state index contributed by atoms with van der Waals surface area (Å²) in [5.74, 6) is -1.61. The number of rotatable bonds is 17. The second-order valence-corrected chi connectivity index (χ2v) is 13.9. The van der Waals surface area contributed by atoms with Gasteiger partial charge in [-0.15, -0.1) is 11.3 Å². The Kier molecular flexibility index (Phi) is 13.4. The first kappa shape index (κ1) is 35.4. The molecule has 46 heavy (non-hydrogen) atoms. The van der Waals surface area contributed by atoms with Crippen LogP contribution in [0.1, 0.15) is 101 Å². The lowest BCUT2D eigenvalue weighted by molar-refractivity contribution is -0.132. The van der Waals surface area contributed by atoms with Crippen LogP contribution < -0.4 is 16.0 Å². The number of likely N-dealkylation sites (tertiary alicyclic amines) is 1. The standard InChI is InChI=1S/C35H51N5O5S/c1-8-22(4)31(39-33(44)29-15-12-16-40(29)7)34(45)37-27(21(2)3)19-30(42)35-38-28(20-46-35)32(43)36-26(17-23(5)24(6)41)18-25-13-10-9-11-14-25/h9-11,13-14,20-23,26-27,29,31H,8,12,15-19H2,1-7H3,(H,36,43)(H,37,45)(H,39,44)/i9T. The first-order valence-corrected chi connectivity index (χ1v) is 17.2. The van der Waals surface area contributed by atoms with Crippen molar-refractivity contribution >= 4 is 40.6 Å². The molecule has 0 saturated carbocycles. The average Bonchev–Trinajstić information content (AvgIpc) is 3.69. The number of nitrogens with zero attached hydrogens (tertiary/aromatic N) is 2. The fourth-order valence-electron chi connectivity index (χ4n) is 5.60. The second kappa shape index (κ2) is 17.5. The van der Waals surface area contributed by atoms with Crippen LogP contribution >= 0.6 is 11.3 Å². The van der Waals surface area contributed by atoms with Gasteiger partial charge in [-0.05, 0) is 63.6 Å². The average molecular weight is 656 g/mol. The topological polar surface area (TPSA) is 138 Å². The third-order valence-corrected chi connectivity index (χ3v) is 9.95. The summed E-state index contributed by atoms with van der Waals surface area (Å²) in [6.07, 6.45) is 3.30. The van der Waals surface area contributed by atoms with E-state index in [1.807, 2.05) is 58.7 Å². The highest BCUT2D eigenvalue weighted by molar-refractivity contribution is 7.11. The molecule has 3 amide bonds. The van der Waals surface area contributed by atoms with Gasteiger partial charge in [0.25, 0.3) is 5.91 Å². The van der Waals surface area contributed by atoms with E-state index in [-0.39, 0.29) is 70.3 Å². The molecular weight excluding hydrogens is 602 g/mol. The highest BCUT2D eigenvalue weighted by atomic mass is 32.1. The molecule has 0 spiro atoms. The third-order valence-electron chi connectivity index (χ3n) is 9.07. The van der Waals surface area contributed by atoms with Crippen molar-refractivity contribution in [1.29, 1.82) is 0 Å². The Hall–Kier alpha value is -3.44. The maximum atomic E-state index is 13.5. The SMILES string of the molecule is [3H]c1ccc(CC(CC(C)C(C)=O)NC(=O)c2csc(C(=O)CC(NC(=O)C(NC(=O)C3CCCN3C)C(C)CC)C(C)C)n2)cc1. The molecule has 6 unspecified atom stereocenters. The Bertz CT molecular complexity index is 1400. The van der Waals surface area contributed by atoms with E-state index in [0.717, 1.165) is 36.3 Å². The van der Waals surface area contributed by atoms with Gasteiger partial charge in [-0.2, -0.15) is 0 Å². The first-order valence-electron chi connectivity index (χ1n) is 16.9. The lowest BCUT2D eigenvalue weighted by atomic mass is 9.94. The van der Waals surface area contributed by atoms with Gasteiger partial charge in [0.05, 0.1) is 7.41 Å². The zero-order valence-electron chi connectivity index (χ0n) is 29.2. The number of ketones is 2. The summed E-state index contributed by atoms with van der Waals surface area (Å²) in [6, 6.07) is 5.59. The van der Waals surface area contributed by atoms with Gasteiger partial charge in [0.15, 0.2) is 10.8 Å². The molecule has 1 aliphatic heterocycles. The van der Waals surface area contributed by atoms with Gasteiger partial charge >= 0.3 is 0 Å². The van der Waals surface area contributed by atoms with Crippen LogP contribution in [0.25, 0.3) is 0 Å². The molecule has 10 nitrogen and oxygen atoms in total. The summed E-state index contributed by atoms with van der Waals surface area (Å²) in [5, 5.41) is 10.7. The van der Waals surface area contributed by atoms with Crippen molar-refractivity contribution in [1.82, 2.24) is 25.8 Å². The molecule has 1 aromatic heterocycles. The van der Waals surface area contributed by atoms with Crippen LogP contribution in [-0.2, 0) is 20.8 Å². The number of likely N-dealkylation sites (N-methyl/N-ethyl adjacent to an activating group) is 1. The maximum Gasteiger partial charge on any atom is 0.271 e. The van der Waals surface area contributed by atoms with Gasteiger partial charge < -0.3 is 16.0 Å². The summed E-state index contributed by atoms with van der Waals surface area (Å²) >= 11 is 1.08. The number of carbonyl (C=O) groups excluding carboxylic acids is 5. The summed E-state index contributed by atoms with van der Waals surface area (Å²) < 4.78 is 7.72. The third kappa shape index (κ3) is 10.6. The minimum atomic E-state index is -0.725. The summed E-state index contributed by atoms with van der Waals surface area (Å²) in [7, 11) is 1.91. The van der Waals surface area contributed by atoms with Gasteiger partial charge in [0.1, 0.15) is 17.5 Å². The lowest BCUT2D eigenvalue weighted by Gasteiger charge is -2.29. The van der Waals surface area contributed by atoms with E-state index in [1.54, 1.807) is 17.5 Å². The van der Waals surface area contributed by atoms with Gasteiger partial charge in [0, 0.05) is 29.8 Å². The summed E-state index contributed by atoms with van der Waals surface area (Å²) in [6.45, 7) is 11.9. The molecule has 3 rings (SSSR count). The van der Waals surface area contributed by atoms with Gasteiger partial charge in [-0.1, -0.05) is 71.3 Å². The van der Waals surface area contributed by atoms with Crippen molar-refractivity contribution in [3.8, 4) is 0 Å². The van der Waals surface area contributed by atoms with Crippen LogP contribution in [0.2, 0.25) is 0 Å². The Balaban J connectivity index is 1.67. The van der Waals surface area contributed by atoms with E-state index < -0.39 is 18.0 Å². The van der Waals surface area contributed by atoms with Crippen molar-refractivity contribution in [3.05, 3.63) is 52.0 Å². The van der Waals surface area contributed by atoms with Crippen LogP contribution in [0, 0.1) is 17.8 Å². The first-order chi connectivity index (χ1) is 22.2. The Morgan fingerprint density at radius 1 is 1.09 bits per heavy atom. The smallest absolute Gasteiger partial charge is 0.271 e. The van der Waals surface area contributed by atoms with Crippen molar-refractivity contribution in [2.45, 2.75) is 104 Å². The molecule has 1 saturated heterocycles. The largest absolute Gasteiger partial charge is 0.351 e. The van der Waals surface area contributed by atoms with E-state index in [2.05, 4.69) is 20.9 Å². The predicted octanol–water partition coefficient (Wildman–Crippen LogP) is 4.44. The fourth-order valence-corrected chi connectivity index (χ4v) is 6.35. The van der Waals surface area contributed by atoms with Gasteiger partial charge in [0.2, 0.25) is 11.8 Å². The minimum Gasteiger partial charge on any atom is -0.351 e. The number of benzene rings is 1. The molecule has 2 heterocycles. The predicted molar refractivity (Wildman–Crippen MR) is 181 cm³/mol. The minimum absolute atomic E-state index is 0.00470. The molecule has 11 heteroatoms. The van der Waals surface area contributed by atoms with Crippen molar-refractivity contribution in [2.24, 2.45) is 17.8 Å². The number of carbonyl (C=O) groups is 5. The quantitative estimate of drug-likeness (QED) is 0.214. The molecular formula is C35H51N5O5S. The highest BCUT2D eigenvalue weighted by Gasteiger charge is 2.34. The van der Waals surface area contributed by atoms with E-state index in [9.17, 15) is 24.0 Å². The van der Waals surface area contributed by atoms with E-state index in [0.29, 0.717) is 25.3 Å². The summed E-state index contributed by atoms with van der Waals surface area (Å²) in [5.41, 5.74) is 1.04. The lowest BCUT2D eigenvalue weighted by Crippen LogP contribution is -2.56. The van der Waals surface area contributed by atoms with Gasteiger partial charge in [-0.25, -0.2) is 4.98 Å². The molecule has 1 aromatic carbocycles. The zero-order chi connectivity index (χ0) is 34.8. The van der Waals surface area contributed by atoms with Crippen LogP contribution in [0.3, 0.4) is 0 Å². The Morgan fingerprint density at radius 3 is 2.37 bits per heavy atom. The molecule has 6 atom stereocenters. The van der Waals surface area contributed by atoms with Crippen LogP contribution in [0.5, 0.6) is 0 Å². The zero-order valence-corrected chi connectivity index (χ0v) is 29.0. The van der Waals surface area contributed by atoms with Gasteiger partial charge in [-0.3, -0.25) is 28.9 Å². The van der Waals surface area contributed by atoms with Crippen molar-refractivity contribution in [3.63, 3.8) is 0 Å². The molecule has 1 fully saturated rings. The summed E-state index contributed by atoms with van der Waals surface area (Å²) in [4.78, 5) is 71.5. The fraction of sp³-hybridized carbons (Fsp3) is 0.600. The molecule has 0 radical (unpaired) electrons. The molecule has 2 aromatic rings. The Morgan fingerprint density at radius 2 is 1.78 bits per heavy atom. The van der Waals surface area contributed by atoms with Crippen LogP contribution in [0.15, 0.2) is 35.7 Å². The molecule has 0 bridgehead atoms. The number of aromatic nitrogens is 1. The van der Waals surface area contributed by atoms with E-state index in [1.165, 1.54) is 6.92 Å². The van der Waals surface area contributed by atoms with Crippen LogP contribution in [0.4, 0.5) is 0 Å². The van der Waals surface area contributed by atoms with E-state index >= 15 is 0 Å². The number of amides is 3.